The Bertz CT molecular complexity index is 1590. The molecule has 2 heterocycles. The maximum atomic E-state index is 13.5. The van der Waals surface area contributed by atoms with Gasteiger partial charge in [0.05, 0.1) is 36.6 Å². The second-order valence-electron chi connectivity index (χ2n) is 17.9. The second-order valence-corrected chi connectivity index (χ2v) is 17.9. The average Bonchev–Trinajstić information content (AvgIpc) is 3.19. The number of allylic oxidation sites excluding steroid dienone is 6. The molecule has 60 heavy (non-hydrogen) atoms. The third kappa shape index (κ3) is 17.0. The highest BCUT2D eigenvalue weighted by atomic mass is 16.6. The van der Waals surface area contributed by atoms with Gasteiger partial charge in [-0.2, -0.15) is 0 Å². The largest absolute Gasteiger partial charge is 0.459 e. The van der Waals surface area contributed by atoms with Crippen LogP contribution in [0.3, 0.4) is 0 Å². The molecule has 0 aromatic carbocycles. The summed E-state index contributed by atoms with van der Waals surface area (Å²) in [6.07, 6.45) is 7.81. The van der Waals surface area contributed by atoms with Crippen molar-refractivity contribution in [2.24, 2.45) is 29.6 Å². The zero-order valence-electron chi connectivity index (χ0n) is 37.7. The molecular formula is C48H76O12. The molecule has 2 bridgehead atoms. The molecule has 0 saturated carbocycles. The van der Waals surface area contributed by atoms with E-state index in [4.69, 9.17) is 9.47 Å². The van der Waals surface area contributed by atoms with Crippen LogP contribution in [0.1, 0.15) is 127 Å². The number of ketones is 2. The van der Waals surface area contributed by atoms with Gasteiger partial charge in [0.1, 0.15) is 18.0 Å². The molecule has 12 nitrogen and oxygen atoms in total. The zero-order chi connectivity index (χ0) is 45.5. The van der Waals surface area contributed by atoms with Crippen molar-refractivity contribution in [3.05, 3.63) is 70.9 Å². The van der Waals surface area contributed by atoms with Crippen LogP contribution in [-0.4, -0.2) is 108 Å². The van der Waals surface area contributed by atoms with Crippen molar-refractivity contribution in [3.63, 3.8) is 0 Å². The van der Waals surface area contributed by atoms with E-state index in [-0.39, 0.29) is 54.8 Å². The summed E-state index contributed by atoms with van der Waals surface area (Å²) in [5, 5.41) is 75.7. The van der Waals surface area contributed by atoms with E-state index in [0.29, 0.717) is 48.8 Å². The highest BCUT2D eigenvalue weighted by Crippen LogP contribution is 2.37. The standard InChI is InChI=1S/C48H76O12/c1-11-38(49)36(10)41(52)26-43(54)42(53)23-29(3)22-32(6)45-27-40(51)31(5)16-14-12-13-15-30(4)39(50)25-37-18-17-35(9)48(58,60-37)20-19-28(2)21-33(7)46(56)44(55)24-34(8)47(57)59-45/h12-14,16,19,21,23-24,30-32,35-38,40-43,45-46,49,51-54,56,58H,11,15,17-18,20,22,25-27H2,1-10H3/b13-12+,16-14+,28-19-,29-23+,33-21+,34-24+/t30-,31-,32-,35-,36-,37+,38-,40+,41+,42-,43-,45+,46-,48+/m0/s1. The highest BCUT2D eigenvalue weighted by Gasteiger charge is 2.41. The van der Waals surface area contributed by atoms with Crippen LogP contribution in [0, 0.1) is 29.6 Å². The van der Waals surface area contributed by atoms with E-state index in [0.717, 1.165) is 6.08 Å². The molecule has 2 rings (SSSR count). The number of Topliss-reactive ketones (excluding diaryl/α,β-unsaturated/α-hetero) is 1. The monoisotopic (exact) mass is 845 g/mol. The highest BCUT2D eigenvalue weighted by molar-refractivity contribution is 6.02. The number of hydrogen-bond donors (Lipinski definition) is 7. The van der Waals surface area contributed by atoms with Gasteiger partial charge in [-0.05, 0) is 77.4 Å². The third-order valence-electron chi connectivity index (χ3n) is 12.3. The lowest BCUT2D eigenvalue weighted by atomic mass is 9.85. The number of carbonyl (C=O) groups is 3. The van der Waals surface area contributed by atoms with Gasteiger partial charge in [0.2, 0.25) is 0 Å². The number of fused-ring (bicyclic) bond motifs is 2. The Morgan fingerprint density at radius 3 is 2.27 bits per heavy atom. The summed E-state index contributed by atoms with van der Waals surface area (Å²) >= 11 is 0. The fourth-order valence-corrected chi connectivity index (χ4v) is 7.60. The molecule has 0 unspecified atom stereocenters. The second kappa shape index (κ2) is 25.1. The predicted molar refractivity (Wildman–Crippen MR) is 232 cm³/mol. The maximum Gasteiger partial charge on any atom is 0.334 e. The van der Waals surface area contributed by atoms with Gasteiger partial charge in [0.25, 0.3) is 0 Å². The fraction of sp³-hybridized carbons (Fsp3) is 0.688. The normalized spacial score (nSPS) is 35.8. The zero-order valence-corrected chi connectivity index (χ0v) is 37.7. The molecule has 0 aliphatic carbocycles. The summed E-state index contributed by atoms with van der Waals surface area (Å²) in [5.41, 5.74) is 1.60. The smallest absolute Gasteiger partial charge is 0.334 e. The van der Waals surface area contributed by atoms with E-state index in [1.807, 2.05) is 45.9 Å². The Morgan fingerprint density at radius 2 is 1.62 bits per heavy atom. The van der Waals surface area contributed by atoms with Crippen LogP contribution < -0.4 is 0 Å². The van der Waals surface area contributed by atoms with Crippen molar-refractivity contribution in [1.29, 1.82) is 0 Å². The molecule has 7 N–H and O–H groups in total. The van der Waals surface area contributed by atoms with Gasteiger partial charge < -0.3 is 45.2 Å². The van der Waals surface area contributed by atoms with Crippen LogP contribution in [0.2, 0.25) is 0 Å². The molecule has 0 aromatic heterocycles. The van der Waals surface area contributed by atoms with Crippen molar-refractivity contribution in [2.45, 2.75) is 182 Å². The van der Waals surface area contributed by atoms with Gasteiger partial charge >= 0.3 is 5.97 Å². The molecule has 0 aromatic rings. The summed E-state index contributed by atoms with van der Waals surface area (Å²) in [4.78, 5) is 39.8. The minimum absolute atomic E-state index is 0.0322. The Kier molecular flexibility index (Phi) is 22.2. The van der Waals surface area contributed by atoms with Crippen molar-refractivity contribution in [3.8, 4) is 0 Å². The van der Waals surface area contributed by atoms with Crippen LogP contribution in [0.5, 0.6) is 0 Å². The number of aliphatic hydroxyl groups is 7. The van der Waals surface area contributed by atoms with Crippen molar-refractivity contribution in [1.82, 2.24) is 0 Å². The van der Waals surface area contributed by atoms with Crippen LogP contribution >= 0.6 is 0 Å². The Morgan fingerprint density at radius 1 is 0.950 bits per heavy atom. The summed E-state index contributed by atoms with van der Waals surface area (Å²) in [6, 6.07) is 0. The van der Waals surface area contributed by atoms with Gasteiger partial charge in [-0.3, -0.25) is 9.59 Å². The van der Waals surface area contributed by atoms with Crippen LogP contribution in [0.4, 0.5) is 0 Å². The first-order valence-corrected chi connectivity index (χ1v) is 21.8. The third-order valence-corrected chi connectivity index (χ3v) is 12.3. The van der Waals surface area contributed by atoms with Gasteiger partial charge in [0, 0.05) is 54.9 Å². The molecular weight excluding hydrogens is 769 g/mol. The van der Waals surface area contributed by atoms with Gasteiger partial charge in [-0.15, -0.1) is 0 Å². The van der Waals surface area contributed by atoms with E-state index in [9.17, 15) is 50.1 Å². The average molecular weight is 845 g/mol. The van der Waals surface area contributed by atoms with Crippen LogP contribution in [0.15, 0.2) is 70.9 Å². The first-order valence-electron chi connectivity index (χ1n) is 21.8. The topological polar surface area (TPSA) is 211 Å². The number of cyclic esters (lactones) is 1. The maximum absolute atomic E-state index is 13.5. The predicted octanol–water partition coefficient (Wildman–Crippen LogP) is 5.91. The first kappa shape index (κ1) is 53.1. The first-order chi connectivity index (χ1) is 28.0. The SMILES string of the molecule is CC[C@H](O)[C@H](C)[C@H](O)C[C@H](O)[C@@H](O)/C=C(\C)C[C@H](C)[C@H]1C[C@@H](O)[C@@H](C)/C=C/C=C/C[C@H](C)C(=O)C[C@H]2CC[C@H](C)[C@@](O)(C/C=C(C)\C=C(/C)[C@H](O)C(=O)/C=C(\C)C(=O)O1)O2. The minimum Gasteiger partial charge on any atom is -0.459 e. The lowest BCUT2D eigenvalue weighted by molar-refractivity contribution is -0.277. The van der Waals surface area contributed by atoms with Gasteiger partial charge in [-0.1, -0.05) is 95.2 Å². The molecule has 0 radical (unpaired) electrons. The molecule has 2 aliphatic rings. The molecule has 1 fully saturated rings. The number of ether oxygens (including phenoxy) is 2. The van der Waals surface area contributed by atoms with E-state index in [1.54, 1.807) is 52.8 Å². The van der Waals surface area contributed by atoms with Crippen molar-refractivity contribution < 1.29 is 59.6 Å². The van der Waals surface area contributed by atoms with Gasteiger partial charge in [0.15, 0.2) is 11.6 Å². The summed E-state index contributed by atoms with van der Waals surface area (Å²) in [5.74, 6) is -4.74. The fourth-order valence-electron chi connectivity index (χ4n) is 7.60. The Balaban J connectivity index is 2.40. The molecule has 1 saturated heterocycles. The number of carbonyl (C=O) groups excluding carboxylic acids is 3. The van der Waals surface area contributed by atoms with Crippen LogP contribution in [0.25, 0.3) is 0 Å². The van der Waals surface area contributed by atoms with E-state index in [2.05, 4.69) is 0 Å². The molecule has 2 aliphatic heterocycles. The Labute approximate surface area is 358 Å². The summed E-state index contributed by atoms with van der Waals surface area (Å²) in [6.45, 7) is 17.4. The van der Waals surface area contributed by atoms with E-state index < -0.39 is 78.2 Å². The molecule has 0 amide bonds. The lowest BCUT2D eigenvalue weighted by Gasteiger charge is -2.41. The van der Waals surface area contributed by atoms with Crippen molar-refractivity contribution >= 4 is 17.5 Å². The molecule has 0 spiro atoms. The number of rotatable bonds is 10. The minimum atomic E-state index is -1.56. The quantitative estimate of drug-likeness (QED) is 0.101. The van der Waals surface area contributed by atoms with Crippen LogP contribution in [-0.2, 0) is 23.9 Å². The molecule has 340 valence electrons. The lowest BCUT2D eigenvalue weighted by Crippen LogP contribution is -2.47. The van der Waals surface area contributed by atoms with Gasteiger partial charge in [-0.25, -0.2) is 4.79 Å². The Hall–Kier alpha value is -3.07. The van der Waals surface area contributed by atoms with Crippen molar-refractivity contribution in [2.75, 3.05) is 0 Å². The van der Waals surface area contributed by atoms with E-state index in [1.165, 1.54) is 13.0 Å². The molecule has 14 atom stereocenters. The number of esters is 1. The summed E-state index contributed by atoms with van der Waals surface area (Å²) < 4.78 is 12.1. The van der Waals surface area contributed by atoms with E-state index >= 15 is 0 Å². The number of hydrogen-bond acceptors (Lipinski definition) is 12. The molecule has 12 heteroatoms. The number of aliphatic hydroxyl groups excluding tert-OH is 6. The summed E-state index contributed by atoms with van der Waals surface area (Å²) in [7, 11) is 0.